The Balaban J connectivity index is 1.72. The minimum Gasteiger partial charge on any atom is -0.300 e. The van der Waals surface area contributed by atoms with Gasteiger partial charge in [0.2, 0.25) is 0 Å². The smallest absolute Gasteiger partial charge is 0.156 e. The fourth-order valence-electron chi connectivity index (χ4n) is 6.20. The molecule has 0 bridgehead atoms. The van der Waals surface area contributed by atoms with Gasteiger partial charge in [0.25, 0.3) is 0 Å². The zero-order valence-corrected chi connectivity index (χ0v) is 13.8. The summed E-state index contributed by atoms with van der Waals surface area (Å²) in [5.41, 5.74) is 4.76. The summed E-state index contributed by atoms with van der Waals surface area (Å²) in [4.78, 5) is 23.8. The van der Waals surface area contributed by atoms with E-state index in [9.17, 15) is 9.59 Å². The second-order valence-corrected chi connectivity index (χ2v) is 8.14. The van der Waals surface area contributed by atoms with Crippen molar-refractivity contribution in [1.82, 2.24) is 0 Å². The van der Waals surface area contributed by atoms with Gasteiger partial charge in [0.15, 0.2) is 5.78 Å². The molecule has 0 saturated heterocycles. The molecule has 2 saturated carbocycles. The maximum atomic E-state index is 12.1. The summed E-state index contributed by atoms with van der Waals surface area (Å²) in [6, 6.07) is 0. The topological polar surface area (TPSA) is 34.1 Å². The summed E-state index contributed by atoms with van der Waals surface area (Å²) in [6.07, 6.45) is 10.5. The third-order valence-corrected chi connectivity index (χ3v) is 7.22. The van der Waals surface area contributed by atoms with E-state index in [1.54, 1.807) is 12.5 Å². The van der Waals surface area contributed by atoms with Gasteiger partial charge in [-0.15, -0.1) is 0 Å². The highest BCUT2D eigenvalue weighted by molar-refractivity contribution is 5.93. The molecule has 0 radical (unpaired) electrons. The molecule has 0 amide bonds. The summed E-state index contributed by atoms with van der Waals surface area (Å²) in [5, 5.41) is 0. The van der Waals surface area contributed by atoms with Crippen molar-refractivity contribution in [3.05, 3.63) is 22.8 Å². The van der Waals surface area contributed by atoms with Crippen molar-refractivity contribution in [3.8, 4) is 0 Å². The zero-order valence-electron chi connectivity index (χ0n) is 13.8. The fraction of sp³-hybridized carbons (Fsp3) is 0.700. The summed E-state index contributed by atoms with van der Waals surface area (Å²) < 4.78 is 0. The van der Waals surface area contributed by atoms with Crippen molar-refractivity contribution in [3.63, 3.8) is 0 Å². The molecule has 4 rings (SSSR count). The van der Waals surface area contributed by atoms with Crippen LogP contribution in [0, 0.1) is 23.2 Å². The molecule has 0 aromatic carbocycles. The highest BCUT2D eigenvalue weighted by Crippen LogP contribution is 2.62. The number of carbonyl (C=O) groups is 2. The lowest BCUT2D eigenvalue weighted by Gasteiger charge is -2.49. The predicted octanol–water partition coefficient (Wildman–Crippen LogP) is 4.40. The van der Waals surface area contributed by atoms with Crippen LogP contribution in [0.1, 0.15) is 65.2 Å². The lowest BCUT2D eigenvalue weighted by atomic mass is 9.55. The van der Waals surface area contributed by atoms with Crippen LogP contribution in [0.5, 0.6) is 0 Å². The number of hydrogen-bond acceptors (Lipinski definition) is 2. The van der Waals surface area contributed by atoms with Gasteiger partial charge in [0.1, 0.15) is 5.78 Å². The molecule has 2 fully saturated rings. The van der Waals surface area contributed by atoms with E-state index in [4.69, 9.17) is 0 Å². The molecule has 22 heavy (non-hydrogen) atoms. The minimum atomic E-state index is 0.228. The maximum Gasteiger partial charge on any atom is 0.156 e. The van der Waals surface area contributed by atoms with Crippen LogP contribution in [0.15, 0.2) is 22.8 Å². The van der Waals surface area contributed by atoms with E-state index in [2.05, 4.69) is 6.92 Å². The minimum absolute atomic E-state index is 0.228. The molecule has 4 aliphatic rings. The second kappa shape index (κ2) is 4.91. The van der Waals surface area contributed by atoms with Gasteiger partial charge in [-0.1, -0.05) is 12.5 Å². The van der Waals surface area contributed by atoms with Crippen LogP contribution in [-0.2, 0) is 9.59 Å². The zero-order chi connectivity index (χ0) is 15.5. The third kappa shape index (κ3) is 1.92. The standard InChI is InChI=1S/C20H26O2/c1-12(21)18-7-8-19-17-5-3-13-11-14(22)4-6-15(13)16(17)9-10-20(18,19)2/h11,17-19H,3-10H2,1-2H3. The number of ketones is 2. The molecule has 4 unspecified atom stereocenters. The van der Waals surface area contributed by atoms with Crippen molar-refractivity contribution in [1.29, 1.82) is 0 Å². The van der Waals surface area contributed by atoms with Gasteiger partial charge in [-0.25, -0.2) is 0 Å². The van der Waals surface area contributed by atoms with E-state index in [1.807, 2.05) is 6.08 Å². The first-order valence-corrected chi connectivity index (χ1v) is 8.97. The molecule has 0 spiro atoms. The number of hydrogen-bond donors (Lipinski definition) is 0. The Morgan fingerprint density at radius 2 is 1.95 bits per heavy atom. The summed E-state index contributed by atoms with van der Waals surface area (Å²) in [7, 11) is 0. The normalized spacial score (nSPS) is 40.7. The molecule has 4 atom stereocenters. The SMILES string of the molecule is CC(=O)C1CCC2C3CCC4=CC(=O)CCC4=C3CCC12C. The lowest BCUT2D eigenvalue weighted by molar-refractivity contribution is -0.125. The molecule has 0 heterocycles. The molecule has 2 heteroatoms. The molecule has 118 valence electrons. The maximum absolute atomic E-state index is 12.1. The first kappa shape index (κ1) is 14.4. The van der Waals surface area contributed by atoms with E-state index >= 15 is 0 Å². The predicted molar refractivity (Wildman–Crippen MR) is 86.3 cm³/mol. The van der Waals surface area contributed by atoms with E-state index in [-0.39, 0.29) is 11.3 Å². The van der Waals surface area contributed by atoms with E-state index in [0.717, 1.165) is 25.7 Å². The molecule has 0 aliphatic heterocycles. The Kier molecular flexibility index (Phi) is 3.22. The van der Waals surface area contributed by atoms with E-state index in [0.29, 0.717) is 29.8 Å². The summed E-state index contributed by atoms with van der Waals surface area (Å²) in [5.74, 6) is 2.38. The second-order valence-electron chi connectivity index (χ2n) is 8.14. The van der Waals surface area contributed by atoms with Crippen molar-refractivity contribution in [2.24, 2.45) is 23.2 Å². The van der Waals surface area contributed by atoms with Gasteiger partial charge in [0, 0.05) is 12.3 Å². The number of allylic oxidation sites excluding steroid dienone is 4. The van der Waals surface area contributed by atoms with Gasteiger partial charge >= 0.3 is 0 Å². The third-order valence-electron chi connectivity index (χ3n) is 7.22. The van der Waals surface area contributed by atoms with E-state index < -0.39 is 0 Å². The van der Waals surface area contributed by atoms with Gasteiger partial charge < -0.3 is 0 Å². The van der Waals surface area contributed by atoms with E-state index in [1.165, 1.54) is 30.4 Å². The molecule has 2 nitrogen and oxygen atoms in total. The first-order valence-electron chi connectivity index (χ1n) is 8.97. The molecule has 4 aliphatic carbocycles. The number of carbonyl (C=O) groups excluding carboxylic acids is 2. The highest BCUT2D eigenvalue weighted by atomic mass is 16.1. The largest absolute Gasteiger partial charge is 0.300 e. The average molecular weight is 298 g/mol. The highest BCUT2D eigenvalue weighted by Gasteiger charge is 2.54. The van der Waals surface area contributed by atoms with Crippen LogP contribution in [0.3, 0.4) is 0 Å². The lowest BCUT2D eigenvalue weighted by Crippen LogP contribution is -2.41. The Bertz CT molecular complexity index is 609. The van der Waals surface area contributed by atoms with Crippen molar-refractivity contribution in [2.75, 3.05) is 0 Å². The van der Waals surface area contributed by atoms with Crippen LogP contribution in [0.25, 0.3) is 0 Å². The van der Waals surface area contributed by atoms with Gasteiger partial charge in [-0.05, 0) is 86.3 Å². The Labute approximate surface area is 133 Å². The molecule has 0 N–H and O–H groups in total. The Hall–Kier alpha value is -1.18. The van der Waals surface area contributed by atoms with Crippen LogP contribution >= 0.6 is 0 Å². The Morgan fingerprint density at radius 3 is 2.73 bits per heavy atom. The van der Waals surface area contributed by atoms with Crippen LogP contribution < -0.4 is 0 Å². The average Bonchev–Trinajstić information content (AvgIpc) is 2.84. The number of Topliss-reactive ketones (excluding diaryl/α,β-unsaturated/α-hetero) is 1. The monoisotopic (exact) mass is 298 g/mol. The molecule has 0 aromatic rings. The van der Waals surface area contributed by atoms with Crippen molar-refractivity contribution in [2.45, 2.75) is 65.2 Å². The van der Waals surface area contributed by atoms with Crippen LogP contribution in [0.2, 0.25) is 0 Å². The van der Waals surface area contributed by atoms with Crippen molar-refractivity contribution < 1.29 is 9.59 Å². The van der Waals surface area contributed by atoms with Gasteiger partial charge in [-0.2, -0.15) is 0 Å². The quantitative estimate of drug-likeness (QED) is 0.719. The molecule has 0 aromatic heterocycles. The Morgan fingerprint density at radius 1 is 1.14 bits per heavy atom. The van der Waals surface area contributed by atoms with Gasteiger partial charge in [0.05, 0.1) is 0 Å². The summed E-state index contributed by atoms with van der Waals surface area (Å²) in [6.45, 7) is 4.18. The molecular formula is C20H26O2. The fourth-order valence-corrected chi connectivity index (χ4v) is 6.20. The van der Waals surface area contributed by atoms with Gasteiger partial charge in [-0.3, -0.25) is 9.59 Å². The van der Waals surface area contributed by atoms with Crippen molar-refractivity contribution >= 4 is 11.6 Å². The first-order chi connectivity index (χ1) is 10.5. The molecular weight excluding hydrogens is 272 g/mol. The summed E-state index contributed by atoms with van der Waals surface area (Å²) >= 11 is 0. The van der Waals surface area contributed by atoms with Crippen LogP contribution in [-0.4, -0.2) is 11.6 Å². The van der Waals surface area contributed by atoms with Crippen LogP contribution in [0.4, 0.5) is 0 Å². The number of fused-ring (bicyclic) bond motifs is 4. The number of rotatable bonds is 1.